The lowest BCUT2D eigenvalue weighted by molar-refractivity contribution is -0.149. The number of ether oxygens (including phenoxy) is 1. The second-order valence-corrected chi connectivity index (χ2v) is 5.62. The smallest absolute Gasteiger partial charge is 0.316 e. The minimum atomic E-state index is -0.546. The molecule has 0 aliphatic heterocycles. The Balaban J connectivity index is 2.40. The molecule has 98 valence electrons. The number of hydrogen-bond acceptors (Lipinski definition) is 2. The van der Waals surface area contributed by atoms with Crippen molar-refractivity contribution in [3.05, 3.63) is 34.9 Å². The fourth-order valence-corrected chi connectivity index (χ4v) is 3.16. The van der Waals surface area contributed by atoms with Gasteiger partial charge in [-0.2, -0.15) is 0 Å². The zero-order valence-electron chi connectivity index (χ0n) is 10.9. The molecule has 1 aromatic rings. The number of esters is 1. The van der Waals surface area contributed by atoms with E-state index < -0.39 is 5.41 Å². The highest BCUT2D eigenvalue weighted by Gasteiger charge is 2.44. The van der Waals surface area contributed by atoms with Crippen molar-refractivity contribution >= 4 is 17.6 Å². The summed E-state index contributed by atoms with van der Waals surface area (Å²) in [6.07, 6.45) is 4.58. The predicted octanol–water partition coefficient (Wildman–Crippen LogP) is 3.96. The van der Waals surface area contributed by atoms with Crippen molar-refractivity contribution in [2.75, 3.05) is 7.11 Å². The van der Waals surface area contributed by atoms with Gasteiger partial charge < -0.3 is 4.74 Å². The number of halogens is 1. The molecule has 0 N–H and O–H groups in total. The first-order valence-corrected chi connectivity index (χ1v) is 6.81. The molecule has 1 fully saturated rings. The third-order valence-corrected chi connectivity index (χ3v) is 4.48. The highest BCUT2D eigenvalue weighted by Crippen LogP contribution is 2.43. The average Bonchev–Trinajstić information content (AvgIpc) is 2.92. The fraction of sp³-hybridized carbons (Fsp3) is 0.533. The minimum absolute atomic E-state index is 0.142. The summed E-state index contributed by atoms with van der Waals surface area (Å²) in [5, 5.41) is 0.692. The van der Waals surface area contributed by atoms with E-state index in [1.165, 1.54) is 20.0 Å². The topological polar surface area (TPSA) is 26.3 Å². The predicted molar refractivity (Wildman–Crippen MR) is 72.8 cm³/mol. The van der Waals surface area contributed by atoms with Crippen molar-refractivity contribution in [2.45, 2.75) is 38.0 Å². The van der Waals surface area contributed by atoms with Crippen LogP contribution in [-0.4, -0.2) is 13.1 Å². The van der Waals surface area contributed by atoms with Gasteiger partial charge in [0.1, 0.15) is 0 Å². The molecule has 2 nitrogen and oxygen atoms in total. The number of benzene rings is 1. The van der Waals surface area contributed by atoms with Crippen LogP contribution >= 0.6 is 11.6 Å². The Morgan fingerprint density at radius 2 is 1.83 bits per heavy atom. The van der Waals surface area contributed by atoms with Gasteiger partial charge in [0.2, 0.25) is 0 Å². The summed E-state index contributed by atoms with van der Waals surface area (Å²) in [5.74, 6) is 0.225. The van der Waals surface area contributed by atoms with Crippen molar-refractivity contribution < 1.29 is 9.53 Å². The maximum absolute atomic E-state index is 12.3. The summed E-state index contributed by atoms with van der Waals surface area (Å²) in [6, 6.07) is 7.56. The van der Waals surface area contributed by atoms with E-state index in [2.05, 4.69) is 0 Å². The van der Waals surface area contributed by atoms with Gasteiger partial charge in [-0.3, -0.25) is 4.79 Å². The number of methoxy groups -OCH3 is 1. The zero-order chi connectivity index (χ0) is 13.2. The van der Waals surface area contributed by atoms with Crippen LogP contribution in [0.15, 0.2) is 24.3 Å². The van der Waals surface area contributed by atoms with E-state index in [1.54, 1.807) is 0 Å². The SMILES string of the molecule is COC(=O)C(C)(c1ccc(Cl)cc1)C1CCCC1. The Morgan fingerprint density at radius 3 is 2.33 bits per heavy atom. The van der Waals surface area contributed by atoms with Crippen LogP contribution in [0.2, 0.25) is 5.02 Å². The van der Waals surface area contributed by atoms with E-state index in [-0.39, 0.29) is 5.97 Å². The molecule has 0 heterocycles. The molecule has 1 atom stereocenters. The Kier molecular flexibility index (Phi) is 3.96. The summed E-state index contributed by atoms with van der Waals surface area (Å²) in [5.41, 5.74) is 0.459. The van der Waals surface area contributed by atoms with Gasteiger partial charge in [-0.1, -0.05) is 36.6 Å². The lowest BCUT2D eigenvalue weighted by Crippen LogP contribution is -2.40. The molecule has 3 heteroatoms. The van der Waals surface area contributed by atoms with E-state index in [0.29, 0.717) is 10.9 Å². The van der Waals surface area contributed by atoms with E-state index in [0.717, 1.165) is 18.4 Å². The largest absolute Gasteiger partial charge is 0.468 e. The average molecular weight is 267 g/mol. The summed E-state index contributed by atoms with van der Waals surface area (Å²) in [6.45, 7) is 2.00. The van der Waals surface area contributed by atoms with Gasteiger partial charge in [-0.05, 0) is 43.4 Å². The van der Waals surface area contributed by atoms with Crippen LogP contribution in [0.5, 0.6) is 0 Å². The Labute approximate surface area is 113 Å². The number of carbonyl (C=O) groups excluding carboxylic acids is 1. The van der Waals surface area contributed by atoms with Crippen molar-refractivity contribution in [3.63, 3.8) is 0 Å². The molecule has 0 amide bonds. The number of rotatable bonds is 3. The highest BCUT2D eigenvalue weighted by molar-refractivity contribution is 6.30. The van der Waals surface area contributed by atoms with Crippen LogP contribution in [-0.2, 0) is 14.9 Å². The molecular weight excluding hydrogens is 248 g/mol. The first kappa shape index (κ1) is 13.4. The zero-order valence-corrected chi connectivity index (χ0v) is 11.7. The van der Waals surface area contributed by atoms with Crippen LogP contribution in [0.4, 0.5) is 0 Å². The molecule has 0 saturated heterocycles. The summed E-state index contributed by atoms with van der Waals surface area (Å²) >= 11 is 5.92. The van der Waals surface area contributed by atoms with Crippen LogP contribution < -0.4 is 0 Å². The monoisotopic (exact) mass is 266 g/mol. The van der Waals surface area contributed by atoms with Crippen LogP contribution in [0, 0.1) is 5.92 Å². The van der Waals surface area contributed by atoms with Crippen LogP contribution in [0.25, 0.3) is 0 Å². The van der Waals surface area contributed by atoms with E-state index >= 15 is 0 Å². The summed E-state index contributed by atoms with van der Waals surface area (Å²) < 4.78 is 5.04. The number of hydrogen-bond donors (Lipinski definition) is 0. The molecule has 1 aliphatic carbocycles. The van der Waals surface area contributed by atoms with E-state index in [9.17, 15) is 4.79 Å². The molecular formula is C15H19ClO2. The van der Waals surface area contributed by atoms with Gasteiger partial charge in [0.05, 0.1) is 12.5 Å². The van der Waals surface area contributed by atoms with Crippen LogP contribution in [0.1, 0.15) is 38.2 Å². The second kappa shape index (κ2) is 5.31. The molecule has 0 aromatic heterocycles. The van der Waals surface area contributed by atoms with Gasteiger partial charge in [0, 0.05) is 5.02 Å². The standard InChI is InChI=1S/C15H19ClO2/c1-15(14(17)18-2,11-5-3-4-6-11)12-7-9-13(16)10-8-12/h7-11H,3-6H2,1-2H3. The molecule has 1 unspecified atom stereocenters. The molecule has 1 saturated carbocycles. The first-order valence-electron chi connectivity index (χ1n) is 6.43. The normalized spacial score (nSPS) is 19.5. The summed E-state index contributed by atoms with van der Waals surface area (Å²) in [4.78, 5) is 12.3. The van der Waals surface area contributed by atoms with Gasteiger partial charge in [-0.15, -0.1) is 0 Å². The van der Waals surface area contributed by atoms with Gasteiger partial charge in [-0.25, -0.2) is 0 Å². The maximum Gasteiger partial charge on any atom is 0.316 e. The van der Waals surface area contributed by atoms with Crippen molar-refractivity contribution in [1.29, 1.82) is 0 Å². The van der Waals surface area contributed by atoms with Crippen molar-refractivity contribution in [1.82, 2.24) is 0 Å². The molecule has 0 bridgehead atoms. The maximum atomic E-state index is 12.3. The molecule has 18 heavy (non-hydrogen) atoms. The second-order valence-electron chi connectivity index (χ2n) is 5.18. The minimum Gasteiger partial charge on any atom is -0.468 e. The highest BCUT2D eigenvalue weighted by atomic mass is 35.5. The fourth-order valence-electron chi connectivity index (χ4n) is 3.03. The van der Waals surface area contributed by atoms with E-state index in [1.807, 2.05) is 31.2 Å². The Bertz CT molecular complexity index is 421. The molecule has 0 radical (unpaired) electrons. The lowest BCUT2D eigenvalue weighted by atomic mass is 9.71. The third-order valence-electron chi connectivity index (χ3n) is 4.23. The molecule has 1 aliphatic rings. The summed E-state index contributed by atoms with van der Waals surface area (Å²) in [7, 11) is 1.46. The Hall–Kier alpha value is -1.02. The van der Waals surface area contributed by atoms with Crippen molar-refractivity contribution in [3.8, 4) is 0 Å². The van der Waals surface area contributed by atoms with Gasteiger partial charge in [0.25, 0.3) is 0 Å². The van der Waals surface area contributed by atoms with Gasteiger partial charge >= 0.3 is 5.97 Å². The Morgan fingerprint density at radius 1 is 1.28 bits per heavy atom. The van der Waals surface area contributed by atoms with E-state index in [4.69, 9.17) is 16.3 Å². The molecule has 2 rings (SSSR count). The van der Waals surface area contributed by atoms with Gasteiger partial charge in [0.15, 0.2) is 0 Å². The quantitative estimate of drug-likeness (QED) is 0.774. The first-order chi connectivity index (χ1) is 8.59. The lowest BCUT2D eigenvalue weighted by Gasteiger charge is -2.33. The molecule has 0 spiro atoms. The van der Waals surface area contributed by atoms with Crippen molar-refractivity contribution in [2.24, 2.45) is 5.92 Å². The number of carbonyl (C=O) groups is 1. The third kappa shape index (κ3) is 2.26. The molecule has 1 aromatic carbocycles. The van der Waals surface area contributed by atoms with Crippen LogP contribution in [0.3, 0.4) is 0 Å².